The summed E-state index contributed by atoms with van der Waals surface area (Å²) in [6.07, 6.45) is 4.16. The number of likely N-dealkylation sites (tertiary alicyclic amines) is 1. The Kier molecular flexibility index (Phi) is 6.46. The van der Waals surface area contributed by atoms with E-state index in [1.807, 2.05) is 18.3 Å². The Balaban J connectivity index is 1.69. The zero-order valence-corrected chi connectivity index (χ0v) is 18.6. The van der Waals surface area contributed by atoms with Crippen LogP contribution in [0.2, 0.25) is 0 Å². The van der Waals surface area contributed by atoms with Gasteiger partial charge in [-0.15, -0.1) is 0 Å². The molecule has 0 saturated carbocycles. The first-order valence-electron chi connectivity index (χ1n) is 10.4. The molecule has 1 saturated heterocycles. The summed E-state index contributed by atoms with van der Waals surface area (Å²) in [5.74, 6) is 1.48. The Morgan fingerprint density at radius 3 is 2.70 bits per heavy atom. The van der Waals surface area contributed by atoms with Crippen LogP contribution in [-0.2, 0) is 27.2 Å². The van der Waals surface area contributed by atoms with Crippen molar-refractivity contribution in [3.8, 4) is 5.75 Å². The summed E-state index contributed by atoms with van der Waals surface area (Å²) in [6.45, 7) is 4.72. The van der Waals surface area contributed by atoms with E-state index >= 15 is 0 Å². The highest BCUT2D eigenvalue weighted by Crippen LogP contribution is 2.38. The lowest BCUT2D eigenvalue weighted by molar-refractivity contribution is 0.0579. The third-order valence-corrected chi connectivity index (χ3v) is 6.74. The summed E-state index contributed by atoms with van der Waals surface area (Å²) >= 11 is 0.541. The fourth-order valence-corrected chi connectivity index (χ4v) is 4.99. The van der Waals surface area contributed by atoms with E-state index in [2.05, 4.69) is 41.1 Å². The van der Waals surface area contributed by atoms with Gasteiger partial charge < -0.3 is 14.5 Å². The molecule has 1 N–H and O–H groups in total. The maximum absolute atomic E-state index is 11.1. The lowest BCUT2D eigenvalue weighted by atomic mass is 9.87. The zero-order chi connectivity index (χ0) is 21.1. The predicted octanol–water partition coefficient (Wildman–Crippen LogP) is 4.87. The van der Waals surface area contributed by atoms with E-state index < -0.39 is 0 Å². The molecule has 3 aromatic rings. The molecule has 0 aliphatic carbocycles. The van der Waals surface area contributed by atoms with Crippen molar-refractivity contribution in [2.75, 3.05) is 27.4 Å². The van der Waals surface area contributed by atoms with Crippen molar-refractivity contribution in [2.45, 2.75) is 37.2 Å². The molecule has 2 atom stereocenters. The van der Waals surface area contributed by atoms with E-state index in [1.54, 1.807) is 14.2 Å². The minimum atomic E-state index is 0.282. The molecule has 2 aromatic carbocycles. The molecule has 30 heavy (non-hydrogen) atoms. The minimum absolute atomic E-state index is 0.282. The molecule has 1 fully saturated rings. The van der Waals surface area contributed by atoms with Gasteiger partial charge in [-0.2, -0.15) is 0 Å². The van der Waals surface area contributed by atoms with Crippen LogP contribution in [0.3, 0.4) is 0 Å². The number of methoxy groups -OCH3 is 2. The predicted molar refractivity (Wildman–Crippen MR) is 120 cm³/mol. The number of nitrogens with one attached hydrogen (secondary N) is 1. The van der Waals surface area contributed by atoms with Gasteiger partial charge in [-0.05, 0) is 55.5 Å². The normalized spacial score (nSPS) is 19.8. The van der Waals surface area contributed by atoms with Crippen molar-refractivity contribution in [1.82, 2.24) is 9.88 Å². The van der Waals surface area contributed by atoms with Crippen LogP contribution in [-0.4, -0.2) is 37.3 Å². The van der Waals surface area contributed by atoms with Crippen LogP contribution in [0.5, 0.6) is 5.75 Å². The van der Waals surface area contributed by atoms with Crippen molar-refractivity contribution in [2.24, 2.45) is 5.92 Å². The Labute approximate surface area is 181 Å². The molecule has 0 amide bonds. The van der Waals surface area contributed by atoms with Crippen molar-refractivity contribution in [1.29, 1.82) is 0 Å². The van der Waals surface area contributed by atoms with Crippen LogP contribution >= 0.6 is 0 Å². The number of hydrogen-bond acceptors (Lipinski definition) is 4. The largest absolute Gasteiger partial charge is 0.505 e. The zero-order valence-electron chi connectivity index (χ0n) is 17.8. The fraction of sp³-hybridized carbons (Fsp3) is 0.417. The lowest BCUT2D eigenvalue weighted by Crippen LogP contribution is -2.37. The van der Waals surface area contributed by atoms with Gasteiger partial charge in [0, 0.05) is 65.3 Å². The first kappa shape index (κ1) is 21.0. The number of aryl methyl sites for hydroxylation is 1. The highest BCUT2D eigenvalue weighted by atomic mass is 32.1. The number of hydrogen-bond donors (Lipinski definition) is 1. The highest BCUT2D eigenvalue weighted by Gasteiger charge is 2.31. The Morgan fingerprint density at radius 1 is 1.20 bits per heavy atom. The molecule has 0 radical (unpaired) electrons. The van der Waals surface area contributed by atoms with E-state index in [-0.39, 0.29) is 6.04 Å². The summed E-state index contributed by atoms with van der Waals surface area (Å²) < 4.78 is 22.4. The molecule has 1 unspecified atom stereocenters. The summed E-state index contributed by atoms with van der Waals surface area (Å²) in [5, 5.41) is 1.22. The van der Waals surface area contributed by atoms with Crippen LogP contribution < -0.4 is 4.74 Å². The maximum atomic E-state index is 11.1. The minimum Gasteiger partial charge on any atom is -0.496 e. The molecule has 4 rings (SSSR count). The van der Waals surface area contributed by atoms with Crippen molar-refractivity contribution in [3.05, 3.63) is 59.3 Å². The van der Waals surface area contributed by atoms with Gasteiger partial charge in [-0.3, -0.25) is 4.90 Å². The number of fused-ring (bicyclic) bond motifs is 1. The van der Waals surface area contributed by atoms with E-state index in [9.17, 15) is 4.21 Å². The Hall–Kier alpha value is -2.28. The number of piperidine rings is 1. The van der Waals surface area contributed by atoms with Gasteiger partial charge >= 0.3 is 11.7 Å². The second-order valence-electron chi connectivity index (χ2n) is 8.13. The van der Waals surface area contributed by atoms with Crippen LogP contribution in [0.25, 0.3) is 10.9 Å². The van der Waals surface area contributed by atoms with Gasteiger partial charge in [0.05, 0.1) is 7.11 Å². The molecule has 6 heteroatoms. The molecule has 5 nitrogen and oxygen atoms in total. The number of rotatable bonds is 7. The average Bonchev–Trinajstić information content (AvgIpc) is 3.27. The number of aromatic amines is 1. The van der Waals surface area contributed by atoms with Crippen LogP contribution in [0.1, 0.15) is 35.6 Å². The van der Waals surface area contributed by atoms with Gasteiger partial charge in [-0.1, -0.05) is 12.1 Å². The van der Waals surface area contributed by atoms with E-state index in [0.717, 1.165) is 43.2 Å². The number of nitrogens with zero attached hydrogens (tertiary/aromatic N) is 1. The standard InChI is InChI=1S/C24H29N2O3S/c1-16-12-23(29-3)21(20-8-10-25-24(16)20)14-26-11-9-17(15-28-2)13-22(26)18-4-6-19(30-27)7-5-18/h4-8,10,12,17,22,25H,9,11,13-15H2,1-3H3/q+1/t17?,22-/m0/s1. The SMILES string of the molecule is COCC1CCN(Cc2c(OC)cc(C)c3[nH]ccc23)[C@H](c2ccc([S+]=O)cc2)C1. The van der Waals surface area contributed by atoms with Gasteiger partial charge in [0.25, 0.3) is 4.90 Å². The highest BCUT2D eigenvalue weighted by molar-refractivity contribution is 7.65. The quantitative estimate of drug-likeness (QED) is 0.549. The van der Waals surface area contributed by atoms with E-state index in [1.165, 1.54) is 27.6 Å². The summed E-state index contributed by atoms with van der Waals surface area (Å²) in [7, 11) is 3.53. The topological polar surface area (TPSA) is 54.6 Å². The smallest absolute Gasteiger partial charge is 0.496 e. The Bertz CT molecular complexity index is 1020. The number of H-pyrrole nitrogens is 1. The Morgan fingerprint density at radius 2 is 2.00 bits per heavy atom. The van der Waals surface area contributed by atoms with Gasteiger partial charge in [0.15, 0.2) is 0 Å². The van der Waals surface area contributed by atoms with E-state index in [4.69, 9.17) is 9.47 Å². The third kappa shape index (κ3) is 4.13. The molecule has 1 aliphatic heterocycles. The number of aromatic nitrogens is 1. The average molecular weight is 426 g/mol. The van der Waals surface area contributed by atoms with Crippen molar-refractivity contribution < 1.29 is 13.7 Å². The summed E-state index contributed by atoms with van der Waals surface area (Å²) in [6, 6.07) is 12.6. The molecule has 158 valence electrons. The molecule has 0 spiro atoms. The summed E-state index contributed by atoms with van der Waals surface area (Å²) in [4.78, 5) is 6.67. The van der Waals surface area contributed by atoms with Gasteiger partial charge in [-0.25, -0.2) is 0 Å². The van der Waals surface area contributed by atoms with Crippen LogP contribution in [0, 0.1) is 12.8 Å². The lowest BCUT2D eigenvalue weighted by Gasteiger charge is -2.40. The number of benzene rings is 2. The molecule has 2 heterocycles. The van der Waals surface area contributed by atoms with Crippen molar-refractivity contribution >= 4 is 22.6 Å². The molecular formula is C24H29N2O3S+. The molecule has 0 bridgehead atoms. The maximum Gasteiger partial charge on any atom is 0.505 e. The van der Waals surface area contributed by atoms with Crippen LogP contribution in [0.15, 0.2) is 47.5 Å². The molecular weight excluding hydrogens is 396 g/mol. The first-order chi connectivity index (χ1) is 14.6. The van der Waals surface area contributed by atoms with E-state index in [0.29, 0.717) is 17.6 Å². The first-order valence-corrected chi connectivity index (χ1v) is 11.1. The van der Waals surface area contributed by atoms with Crippen molar-refractivity contribution in [3.63, 3.8) is 0 Å². The summed E-state index contributed by atoms with van der Waals surface area (Å²) in [5.41, 5.74) is 4.84. The molecule has 1 aromatic heterocycles. The molecule has 1 aliphatic rings. The van der Waals surface area contributed by atoms with Gasteiger partial charge in [0.2, 0.25) is 0 Å². The second kappa shape index (κ2) is 9.25. The monoisotopic (exact) mass is 425 g/mol. The van der Waals surface area contributed by atoms with Crippen LogP contribution in [0.4, 0.5) is 0 Å². The fourth-order valence-electron chi connectivity index (χ4n) is 4.74. The third-order valence-electron chi connectivity index (χ3n) is 6.28. The number of ether oxygens (including phenoxy) is 2. The van der Waals surface area contributed by atoms with Gasteiger partial charge in [0.1, 0.15) is 5.75 Å². The second-order valence-corrected chi connectivity index (χ2v) is 8.76.